The van der Waals surface area contributed by atoms with Crippen LogP contribution in [-0.2, 0) is 27.3 Å². The Kier molecular flexibility index (Phi) is 10.0. The average Bonchev–Trinajstić information content (AvgIpc) is 3.35. The first-order chi connectivity index (χ1) is 16.5. The third-order valence-corrected chi connectivity index (χ3v) is 7.04. The second-order valence-electron chi connectivity index (χ2n) is 7.68. The summed E-state index contributed by atoms with van der Waals surface area (Å²) in [5.74, 6) is 1.11. The summed E-state index contributed by atoms with van der Waals surface area (Å²) in [6.07, 6.45) is 1.08. The molecular formula is C23H30N4O5S2. The van der Waals surface area contributed by atoms with Gasteiger partial charge >= 0.3 is 0 Å². The Labute approximate surface area is 207 Å². The van der Waals surface area contributed by atoms with E-state index in [-0.39, 0.29) is 42.4 Å². The molecule has 184 valence electrons. The SMILES string of the molecule is COc1ccc(CCNC(=O)CSC2NC(=O)CC(CC(=O)NCc3cccs3)N2)cc1OC. The van der Waals surface area contributed by atoms with E-state index in [9.17, 15) is 14.4 Å². The van der Waals surface area contributed by atoms with Crippen LogP contribution in [0.25, 0.3) is 0 Å². The van der Waals surface area contributed by atoms with Crippen molar-refractivity contribution in [3.8, 4) is 11.5 Å². The summed E-state index contributed by atoms with van der Waals surface area (Å²) in [6.45, 7) is 0.962. The van der Waals surface area contributed by atoms with Gasteiger partial charge in [-0.05, 0) is 35.6 Å². The van der Waals surface area contributed by atoms with Gasteiger partial charge in [-0.15, -0.1) is 23.1 Å². The van der Waals surface area contributed by atoms with Crippen molar-refractivity contribution in [3.63, 3.8) is 0 Å². The van der Waals surface area contributed by atoms with Crippen LogP contribution in [0.2, 0.25) is 0 Å². The number of methoxy groups -OCH3 is 2. The van der Waals surface area contributed by atoms with Crippen molar-refractivity contribution in [1.29, 1.82) is 0 Å². The lowest BCUT2D eigenvalue weighted by Gasteiger charge is -2.30. The van der Waals surface area contributed by atoms with E-state index in [1.54, 1.807) is 25.6 Å². The molecule has 1 aromatic carbocycles. The van der Waals surface area contributed by atoms with Gasteiger partial charge in [-0.2, -0.15) is 0 Å². The third-order valence-electron chi connectivity index (χ3n) is 5.15. The minimum Gasteiger partial charge on any atom is -0.493 e. The molecule has 0 aliphatic carbocycles. The molecule has 2 unspecified atom stereocenters. The molecule has 1 fully saturated rings. The van der Waals surface area contributed by atoms with Crippen molar-refractivity contribution >= 4 is 40.8 Å². The molecule has 9 nitrogen and oxygen atoms in total. The molecule has 2 atom stereocenters. The Morgan fingerprint density at radius 3 is 2.71 bits per heavy atom. The van der Waals surface area contributed by atoms with Gasteiger partial charge in [0, 0.05) is 30.3 Å². The number of carbonyl (C=O) groups is 3. The number of hydrogen-bond donors (Lipinski definition) is 4. The van der Waals surface area contributed by atoms with Crippen LogP contribution in [0, 0.1) is 0 Å². The zero-order valence-corrected chi connectivity index (χ0v) is 20.9. The second-order valence-corrected chi connectivity index (χ2v) is 9.80. The predicted molar refractivity (Wildman–Crippen MR) is 133 cm³/mol. The molecule has 11 heteroatoms. The van der Waals surface area contributed by atoms with Gasteiger partial charge < -0.3 is 25.4 Å². The highest BCUT2D eigenvalue weighted by molar-refractivity contribution is 8.00. The molecule has 0 saturated carbocycles. The molecule has 0 radical (unpaired) electrons. The third kappa shape index (κ3) is 8.23. The van der Waals surface area contributed by atoms with E-state index in [1.165, 1.54) is 11.8 Å². The lowest BCUT2D eigenvalue weighted by Crippen LogP contribution is -2.56. The molecule has 0 bridgehead atoms. The number of ether oxygens (including phenoxy) is 2. The lowest BCUT2D eigenvalue weighted by molar-refractivity contribution is -0.125. The van der Waals surface area contributed by atoms with Crippen molar-refractivity contribution in [2.45, 2.75) is 37.3 Å². The molecule has 3 rings (SSSR count). The standard InChI is InChI=1S/C23H30N4O5S2/c1-31-18-6-5-15(10-19(18)32-2)7-8-24-22(30)14-34-23-26-16(12-21(29)27-23)11-20(28)25-13-17-4-3-9-33-17/h3-6,9-10,16,23,26H,7-8,11-14H2,1-2H3,(H,24,30)(H,25,28)(H,27,29). The Bertz CT molecular complexity index is 970. The van der Waals surface area contributed by atoms with Crippen molar-refractivity contribution in [2.24, 2.45) is 0 Å². The topological polar surface area (TPSA) is 118 Å². The largest absolute Gasteiger partial charge is 0.493 e. The monoisotopic (exact) mass is 506 g/mol. The summed E-state index contributed by atoms with van der Waals surface area (Å²) < 4.78 is 10.5. The summed E-state index contributed by atoms with van der Waals surface area (Å²) >= 11 is 2.87. The van der Waals surface area contributed by atoms with Crippen LogP contribution in [-0.4, -0.2) is 55.8 Å². The molecule has 1 aliphatic rings. The van der Waals surface area contributed by atoms with Gasteiger partial charge in [0.05, 0.1) is 26.5 Å². The van der Waals surface area contributed by atoms with E-state index in [0.29, 0.717) is 31.0 Å². The molecule has 1 aliphatic heterocycles. The normalized spacial score (nSPS) is 17.5. The summed E-state index contributed by atoms with van der Waals surface area (Å²) in [6, 6.07) is 9.28. The predicted octanol–water partition coefficient (Wildman–Crippen LogP) is 1.63. The summed E-state index contributed by atoms with van der Waals surface area (Å²) in [7, 11) is 3.17. The molecule has 3 amide bonds. The Balaban J connectivity index is 1.36. The number of rotatable bonds is 12. The van der Waals surface area contributed by atoms with Crippen molar-refractivity contribution in [2.75, 3.05) is 26.5 Å². The van der Waals surface area contributed by atoms with Crippen LogP contribution in [0.5, 0.6) is 11.5 Å². The van der Waals surface area contributed by atoms with Crippen molar-refractivity contribution < 1.29 is 23.9 Å². The van der Waals surface area contributed by atoms with E-state index in [2.05, 4.69) is 21.3 Å². The number of thioether (sulfide) groups is 1. The maximum atomic E-state index is 12.3. The number of thiophene rings is 1. The smallest absolute Gasteiger partial charge is 0.230 e. The van der Waals surface area contributed by atoms with Crippen LogP contribution in [0.15, 0.2) is 35.7 Å². The fraction of sp³-hybridized carbons (Fsp3) is 0.435. The van der Waals surface area contributed by atoms with Gasteiger partial charge in [-0.1, -0.05) is 12.1 Å². The number of hydrogen-bond acceptors (Lipinski definition) is 8. The molecule has 1 saturated heterocycles. The highest BCUT2D eigenvalue weighted by Gasteiger charge is 2.28. The molecule has 2 heterocycles. The number of amides is 3. The zero-order valence-electron chi connectivity index (χ0n) is 19.2. The molecule has 2 aromatic rings. The van der Waals surface area contributed by atoms with Crippen LogP contribution < -0.4 is 30.7 Å². The minimum atomic E-state index is -0.423. The molecule has 1 aromatic heterocycles. The highest BCUT2D eigenvalue weighted by atomic mass is 32.2. The van der Waals surface area contributed by atoms with Crippen LogP contribution in [0.3, 0.4) is 0 Å². The Hall–Kier alpha value is -2.76. The molecular weight excluding hydrogens is 476 g/mol. The maximum absolute atomic E-state index is 12.3. The van der Waals surface area contributed by atoms with E-state index in [1.807, 2.05) is 35.7 Å². The number of benzene rings is 1. The van der Waals surface area contributed by atoms with Crippen molar-refractivity contribution in [1.82, 2.24) is 21.3 Å². The first kappa shape index (κ1) is 25.9. The van der Waals surface area contributed by atoms with Gasteiger partial charge in [0.15, 0.2) is 11.5 Å². The van der Waals surface area contributed by atoms with E-state index < -0.39 is 5.50 Å². The first-order valence-corrected chi connectivity index (χ1v) is 12.8. The Morgan fingerprint density at radius 2 is 1.97 bits per heavy atom. The summed E-state index contributed by atoms with van der Waals surface area (Å²) in [4.78, 5) is 37.6. The second kappa shape index (κ2) is 13.2. The molecule has 34 heavy (non-hydrogen) atoms. The maximum Gasteiger partial charge on any atom is 0.230 e. The van der Waals surface area contributed by atoms with E-state index in [4.69, 9.17) is 9.47 Å². The van der Waals surface area contributed by atoms with Gasteiger partial charge in [-0.25, -0.2) is 0 Å². The van der Waals surface area contributed by atoms with Gasteiger partial charge in [-0.3, -0.25) is 19.7 Å². The first-order valence-electron chi connectivity index (χ1n) is 10.9. The fourth-order valence-electron chi connectivity index (χ4n) is 3.45. The van der Waals surface area contributed by atoms with Crippen molar-refractivity contribution in [3.05, 3.63) is 46.2 Å². The molecule has 4 N–H and O–H groups in total. The van der Waals surface area contributed by atoms with Crippen LogP contribution in [0.4, 0.5) is 0 Å². The number of carbonyl (C=O) groups excluding carboxylic acids is 3. The lowest BCUT2D eigenvalue weighted by atomic mass is 10.1. The summed E-state index contributed by atoms with van der Waals surface area (Å²) in [5.41, 5.74) is 0.597. The average molecular weight is 507 g/mol. The van der Waals surface area contributed by atoms with Crippen LogP contribution in [0.1, 0.15) is 23.3 Å². The van der Waals surface area contributed by atoms with Gasteiger partial charge in [0.1, 0.15) is 5.50 Å². The fourth-order valence-corrected chi connectivity index (χ4v) is 5.02. The molecule has 0 spiro atoms. The summed E-state index contributed by atoms with van der Waals surface area (Å²) in [5, 5.41) is 13.8. The Morgan fingerprint density at radius 1 is 1.15 bits per heavy atom. The van der Waals surface area contributed by atoms with Gasteiger partial charge in [0.2, 0.25) is 17.7 Å². The van der Waals surface area contributed by atoms with E-state index >= 15 is 0 Å². The zero-order chi connectivity index (χ0) is 24.3. The van der Waals surface area contributed by atoms with E-state index in [0.717, 1.165) is 10.4 Å². The quantitative estimate of drug-likeness (QED) is 0.346. The minimum absolute atomic E-state index is 0.114. The highest BCUT2D eigenvalue weighted by Crippen LogP contribution is 2.27. The van der Waals surface area contributed by atoms with Crippen LogP contribution >= 0.6 is 23.1 Å². The number of nitrogens with one attached hydrogen (secondary N) is 4. The van der Waals surface area contributed by atoms with Gasteiger partial charge in [0.25, 0.3) is 0 Å².